The molecule has 5 heteroatoms. The third-order valence-electron chi connectivity index (χ3n) is 3.19. The van der Waals surface area contributed by atoms with Crippen molar-refractivity contribution in [2.45, 2.75) is 33.4 Å². The van der Waals surface area contributed by atoms with E-state index in [2.05, 4.69) is 75.6 Å². The number of nitrogens with one attached hydrogen (secondary N) is 1. The van der Waals surface area contributed by atoms with Crippen LogP contribution in [0.5, 0.6) is 0 Å². The molecule has 0 saturated carbocycles. The second-order valence-corrected chi connectivity index (χ2v) is 7.56. The van der Waals surface area contributed by atoms with Crippen LogP contribution in [0.4, 0.5) is 5.82 Å². The molecule has 0 unspecified atom stereocenters. The number of aryl methyl sites for hydroxylation is 1. The predicted molar refractivity (Wildman–Crippen MR) is 95.1 cm³/mol. The lowest BCUT2D eigenvalue weighted by molar-refractivity contribution is 0.674. The fourth-order valence-corrected chi connectivity index (χ4v) is 3.41. The van der Waals surface area contributed by atoms with Crippen molar-refractivity contribution >= 4 is 33.1 Å². The van der Waals surface area contributed by atoms with Gasteiger partial charge >= 0.3 is 0 Å². The zero-order chi connectivity index (χ0) is 15.2. The highest BCUT2D eigenvalue weighted by Crippen LogP contribution is 2.23. The van der Waals surface area contributed by atoms with E-state index in [4.69, 9.17) is 0 Å². The summed E-state index contributed by atoms with van der Waals surface area (Å²) in [6.07, 6.45) is 1.16. The van der Waals surface area contributed by atoms with E-state index in [9.17, 15) is 0 Å². The van der Waals surface area contributed by atoms with Crippen molar-refractivity contribution in [3.63, 3.8) is 0 Å². The molecule has 114 valence electrons. The molecule has 0 spiro atoms. The van der Waals surface area contributed by atoms with Crippen LogP contribution in [0.1, 0.15) is 30.2 Å². The van der Waals surface area contributed by atoms with Gasteiger partial charge in [-0.05, 0) is 70.5 Å². The first-order chi connectivity index (χ1) is 10.1. The van der Waals surface area contributed by atoms with Gasteiger partial charge in [0, 0.05) is 25.8 Å². The highest BCUT2D eigenvalue weighted by atomic mass is 79.9. The number of hydrogen-bond donors (Lipinski definition) is 1. The fraction of sp³-hybridized carbons (Fsp3) is 0.438. The number of rotatable bonds is 7. The lowest BCUT2D eigenvalue weighted by Gasteiger charge is -2.19. The van der Waals surface area contributed by atoms with Crippen LogP contribution in [0.15, 0.2) is 27.4 Å². The summed E-state index contributed by atoms with van der Waals surface area (Å²) in [4.78, 5) is 6.85. The molecule has 0 amide bonds. The Balaban J connectivity index is 2.07. The van der Waals surface area contributed by atoms with E-state index in [-0.39, 0.29) is 0 Å². The summed E-state index contributed by atoms with van der Waals surface area (Å²) in [5, 5.41) is 5.63. The van der Waals surface area contributed by atoms with E-state index in [0.717, 1.165) is 37.6 Å². The highest BCUT2D eigenvalue weighted by Gasteiger charge is 2.07. The van der Waals surface area contributed by atoms with E-state index in [1.165, 1.54) is 14.9 Å². The molecule has 3 nitrogen and oxygen atoms in total. The van der Waals surface area contributed by atoms with Crippen LogP contribution < -0.4 is 10.2 Å². The predicted octanol–water partition coefficient (Wildman–Crippen LogP) is 4.35. The smallest absolute Gasteiger partial charge is 0.129 e. The van der Waals surface area contributed by atoms with Crippen molar-refractivity contribution in [2.75, 3.05) is 18.5 Å². The van der Waals surface area contributed by atoms with Crippen molar-refractivity contribution in [2.24, 2.45) is 0 Å². The van der Waals surface area contributed by atoms with Crippen LogP contribution in [-0.2, 0) is 13.1 Å². The van der Waals surface area contributed by atoms with Gasteiger partial charge in [-0.2, -0.15) is 0 Å². The van der Waals surface area contributed by atoms with Gasteiger partial charge in [-0.3, -0.25) is 0 Å². The Labute approximate surface area is 139 Å². The summed E-state index contributed by atoms with van der Waals surface area (Å²) in [6, 6.07) is 6.50. The van der Waals surface area contributed by atoms with Crippen LogP contribution in [0, 0.1) is 6.92 Å². The molecule has 2 heterocycles. The largest absolute Gasteiger partial charge is 0.355 e. The molecule has 2 aromatic heterocycles. The molecule has 21 heavy (non-hydrogen) atoms. The first-order valence-electron chi connectivity index (χ1n) is 7.21. The Morgan fingerprint density at radius 3 is 2.76 bits per heavy atom. The van der Waals surface area contributed by atoms with E-state index in [0.29, 0.717) is 0 Å². The lowest BCUT2D eigenvalue weighted by atomic mass is 10.2. The van der Waals surface area contributed by atoms with E-state index in [1.54, 1.807) is 11.3 Å². The Hall–Kier alpha value is -0.910. The SMILES string of the molecule is CCCNCc1cc(C)nc(N(C)Cc2csc(Br)c2)c1. The van der Waals surface area contributed by atoms with Gasteiger partial charge in [-0.25, -0.2) is 4.98 Å². The Morgan fingerprint density at radius 1 is 1.29 bits per heavy atom. The van der Waals surface area contributed by atoms with Crippen LogP contribution >= 0.6 is 27.3 Å². The van der Waals surface area contributed by atoms with Crippen LogP contribution in [0.3, 0.4) is 0 Å². The van der Waals surface area contributed by atoms with Crippen molar-refractivity contribution in [1.82, 2.24) is 10.3 Å². The summed E-state index contributed by atoms with van der Waals surface area (Å²) in [5.41, 5.74) is 3.67. The van der Waals surface area contributed by atoms with Crippen molar-refractivity contribution < 1.29 is 0 Å². The molecular formula is C16H22BrN3S. The van der Waals surface area contributed by atoms with Crippen LogP contribution in [0.2, 0.25) is 0 Å². The van der Waals surface area contributed by atoms with E-state index >= 15 is 0 Å². The van der Waals surface area contributed by atoms with Crippen molar-refractivity contribution in [3.8, 4) is 0 Å². The minimum atomic E-state index is 0.875. The minimum absolute atomic E-state index is 0.875. The van der Waals surface area contributed by atoms with Gasteiger partial charge in [0.25, 0.3) is 0 Å². The number of thiophene rings is 1. The molecule has 2 aromatic rings. The van der Waals surface area contributed by atoms with Gasteiger partial charge in [-0.1, -0.05) is 6.92 Å². The summed E-state index contributed by atoms with van der Waals surface area (Å²) >= 11 is 5.23. The third kappa shape index (κ3) is 5.09. The molecule has 0 bridgehead atoms. The number of pyridine rings is 1. The number of anilines is 1. The minimum Gasteiger partial charge on any atom is -0.355 e. The molecule has 0 aliphatic heterocycles. The maximum atomic E-state index is 4.65. The molecular weight excluding hydrogens is 346 g/mol. The summed E-state index contributed by atoms with van der Waals surface area (Å²) < 4.78 is 1.17. The first-order valence-corrected chi connectivity index (χ1v) is 8.88. The van der Waals surface area contributed by atoms with Crippen LogP contribution in [-0.4, -0.2) is 18.6 Å². The standard InChI is InChI=1S/C16H22BrN3S/c1-4-5-18-9-13-6-12(2)19-16(8-13)20(3)10-14-7-15(17)21-11-14/h6-8,11,18H,4-5,9-10H2,1-3H3. The number of nitrogens with zero attached hydrogens (tertiary/aromatic N) is 2. The summed E-state index contributed by atoms with van der Waals surface area (Å²) in [6.45, 7) is 7.07. The molecule has 1 N–H and O–H groups in total. The Bertz CT molecular complexity index is 583. The average Bonchev–Trinajstić information content (AvgIpc) is 2.84. The van der Waals surface area contributed by atoms with Gasteiger partial charge in [0.05, 0.1) is 3.79 Å². The number of halogens is 1. The van der Waals surface area contributed by atoms with Gasteiger partial charge < -0.3 is 10.2 Å². The summed E-state index contributed by atoms with van der Waals surface area (Å²) in [5.74, 6) is 1.03. The second kappa shape index (κ2) is 7.92. The summed E-state index contributed by atoms with van der Waals surface area (Å²) in [7, 11) is 2.09. The van der Waals surface area contributed by atoms with Gasteiger partial charge in [0.15, 0.2) is 0 Å². The number of hydrogen-bond acceptors (Lipinski definition) is 4. The first kappa shape index (κ1) is 16.5. The lowest BCUT2D eigenvalue weighted by Crippen LogP contribution is -2.19. The molecule has 0 fully saturated rings. The Morgan fingerprint density at radius 2 is 2.10 bits per heavy atom. The average molecular weight is 368 g/mol. The molecule has 0 radical (unpaired) electrons. The zero-order valence-electron chi connectivity index (χ0n) is 12.8. The third-order valence-corrected chi connectivity index (χ3v) is 4.74. The molecule has 0 aliphatic rings. The van der Waals surface area contributed by atoms with E-state index in [1.807, 2.05) is 0 Å². The molecule has 0 atom stereocenters. The zero-order valence-corrected chi connectivity index (χ0v) is 15.2. The van der Waals surface area contributed by atoms with Gasteiger partial charge in [0.2, 0.25) is 0 Å². The molecule has 0 aromatic carbocycles. The highest BCUT2D eigenvalue weighted by molar-refractivity contribution is 9.11. The quantitative estimate of drug-likeness (QED) is 0.737. The maximum Gasteiger partial charge on any atom is 0.129 e. The monoisotopic (exact) mass is 367 g/mol. The number of aromatic nitrogens is 1. The van der Waals surface area contributed by atoms with Gasteiger partial charge in [-0.15, -0.1) is 11.3 Å². The maximum absolute atomic E-state index is 4.65. The Kier molecular flexibility index (Phi) is 6.21. The fourth-order valence-electron chi connectivity index (χ4n) is 2.21. The molecule has 0 saturated heterocycles. The molecule has 2 rings (SSSR count). The van der Waals surface area contributed by atoms with Gasteiger partial charge in [0.1, 0.15) is 5.82 Å². The topological polar surface area (TPSA) is 28.2 Å². The normalized spacial score (nSPS) is 10.9. The van der Waals surface area contributed by atoms with Crippen molar-refractivity contribution in [1.29, 1.82) is 0 Å². The molecule has 0 aliphatic carbocycles. The van der Waals surface area contributed by atoms with E-state index < -0.39 is 0 Å². The second-order valence-electron chi connectivity index (χ2n) is 5.27. The van der Waals surface area contributed by atoms with Crippen molar-refractivity contribution in [3.05, 3.63) is 44.2 Å². The van der Waals surface area contributed by atoms with Crippen LogP contribution in [0.25, 0.3) is 0 Å².